The van der Waals surface area contributed by atoms with E-state index in [1.54, 1.807) is 0 Å². The number of rotatable bonds is 4. The quantitative estimate of drug-likeness (QED) is 0.552. The van der Waals surface area contributed by atoms with Gasteiger partial charge in [-0.3, -0.25) is 4.98 Å². The molecule has 2 aromatic carbocycles. The summed E-state index contributed by atoms with van der Waals surface area (Å²) < 4.78 is 0. The van der Waals surface area contributed by atoms with Crippen molar-refractivity contribution in [1.29, 1.82) is 0 Å². The van der Waals surface area contributed by atoms with E-state index in [1.807, 2.05) is 24.4 Å². The van der Waals surface area contributed by atoms with Crippen LogP contribution >= 0.6 is 0 Å². The van der Waals surface area contributed by atoms with Gasteiger partial charge < -0.3 is 5.73 Å². The number of aryl methyl sites for hydroxylation is 3. The van der Waals surface area contributed by atoms with Gasteiger partial charge in [0.1, 0.15) is 5.52 Å². The van der Waals surface area contributed by atoms with Crippen molar-refractivity contribution in [3.63, 3.8) is 0 Å². The van der Waals surface area contributed by atoms with E-state index in [1.165, 1.54) is 16.7 Å². The molecule has 0 saturated heterocycles. The van der Waals surface area contributed by atoms with Crippen molar-refractivity contribution in [2.45, 2.75) is 26.2 Å². The van der Waals surface area contributed by atoms with E-state index in [0.717, 1.165) is 41.1 Å². The molecule has 0 amide bonds. The SMILES string of the molecule is CCc1ccc(CCc2cnc3c(N)nc4ccccc4c3c2)cc1. The van der Waals surface area contributed by atoms with Crippen LogP contribution in [0.25, 0.3) is 21.8 Å². The summed E-state index contributed by atoms with van der Waals surface area (Å²) in [6, 6.07) is 19.2. The fourth-order valence-corrected chi connectivity index (χ4v) is 3.27. The lowest BCUT2D eigenvalue weighted by Crippen LogP contribution is -1.98. The van der Waals surface area contributed by atoms with Crippen molar-refractivity contribution < 1.29 is 0 Å². The average molecular weight is 327 g/mol. The Kier molecular flexibility index (Phi) is 4.06. The minimum Gasteiger partial charge on any atom is -0.382 e. The second-order valence-corrected chi connectivity index (χ2v) is 6.42. The topological polar surface area (TPSA) is 51.8 Å². The molecular weight excluding hydrogens is 306 g/mol. The summed E-state index contributed by atoms with van der Waals surface area (Å²) in [4.78, 5) is 9.04. The number of anilines is 1. The molecule has 0 saturated carbocycles. The number of fused-ring (bicyclic) bond motifs is 3. The van der Waals surface area contributed by atoms with Crippen LogP contribution in [0, 0.1) is 0 Å². The molecular formula is C22H21N3. The highest BCUT2D eigenvalue weighted by Crippen LogP contribution is 2.27. The molecule has 3 heteroatoms. The molecule has 0 bridgehead atoms. The lowest BCUT2D eigenvalue weighted by molar-refractivity contribution is 0.952. The normalized spacial score (nSPS) is 11.2. The monoisotopic (exact) mass is 327 g/mol. The van der Waals surface area contributed by atoms with Crippen LogP contribution in [0.2, 0.25) is 0 Å². The minimum absolute atomic E-state index is 0.496. The predicted octanol–water partition coefficient (Wildman–Crippen LogP) is 4.71. The van der Waals surface area contributed by atoms with Crippen LogP contribution in [0.3, 0.4) is 0 Å². The van der Waals surface area contributed by atoms with Gasteiger partial charge in [-0.25, -0.2) is 4.98 Å². The van der Waals surface area contributed by atoms with Gasteiger partial charge in [-0.15, -0.1) is 0 Å². The maximum Gasteiger partial charge on any atom is 0.150 e. The van der Waals surface area contributed by atoms with Crippen molar-refractivity contribution in [2.24, 2.45) is 0 Å². The third kappa shape index (κ3) is 3.05. The van der Waals surface area contributed by atoms with Crippen LogP contribution in [0.4, 0.5) is 5.82 Å². The van der Waals surface area contributed by atoms with Crippen molar-refractivity contribution in [3.8, 4) is 0 Å². The van der Waals surface area contributed by atoms with Crippen molar-refractivity contribution in [1.82, 2.24) is 9.97 Å². The fourth-order valence-electron chi connectivity index (χ4n) is 3.27. The minimum atomic E-state index is 0.496. The molecule has 3 nitrogen and oxygen atoms in total. The van der Waals surface area contributed by atoms with Crippen LogP contribution in [0.15, 0.2) is 60.8 Å². The van der Waals surface area contributed by atoms with Gasteiger partial charge in [0, 0.05) is 17.0 Å². The van der Waals surface area contributed by atoms with Crippen LogP contribution in [0.5, 0.6) is 0 Å². The fraction of sp³-hybridized carbons (Fsp3) is 0.182. The van der Waals surface area contributed by atoms with Gasteiger partial charge in [0.15, 0.2) is 5.82 Å². The highest BCUT2D eigenvalue weighted by Gasteiger charge is 2.08. The van der Waals surface area contributed by atoms with E-state index >= 15 is 0 Å². The third-order valence-corrected chi connectivity index (χ3v) is 4.76. The Morgan fingerprint density at radius 2 is 1.56 bits per heavy atom. The van der Waals surface area contributed by atoms with Gasteiger partial charge in [0.05, 0.1) is 5.52 Å². The predicted molar refractivity (Wildman–Crippen MR) is 105 cm³/mol. The highest BCUT2D eigenvalue weighted by molar-refractivity contribution is 6.08. The summed E-state index contributed by atoms with van der Waals surface area (Å²) in [5, 5.41) is 2.19. The molecule has 0 aliphatic heterocycles. The van der Waals surface area contributed by atoms with Gasteiger partial charge in [-0.05, 0) is 48.1 Å². The van der Waals surface area contributed by atoms with Crippen LogP contribution in [-0.4, -0.2) is 9.97 Å². The molecule has 0 aliphatic carbocycles. The van der Waals surface area contributed by atoms with Crippen LogP contribution in [-0.2, 0) is 19.3 Å². The number of pyridine rings is 2. The zero-order valence-electron chi connectivity index (χ0n) is 14.4. The lowest BCUT2D eigenvalue weighted by atomic mass is 10.0. The van der Waals surface area contributed by atoms with E-state index in [2.05, 4.69) is 53.3 Å². The number of para-hydroxylation sites is 1. The third-order valence-electron chi connectivity index (χ3n) is 4.76. The van der Waals surface area contributed by atoms with Gasteiger partial charge in [0.25, 0.3) is 0 Å². The summed E-state index contributed by atoms with van der Waals surface area (Å²) in [7, 11) is 0. The van der Waals surface area contributed by atoms with Crippen LogP contribution in [0.1, 0.15) is 23.6 Å². The number of benzene rings is 2. The summed E-state index contributed by atoms with van der Waals surface area (Å²) >= 11 is 0. The number of nitrogen functional groups attached to an aromatic ring is 1. The standard InChI is InChI=1S/C22H21N3/c1-2-15-7-9-16(10-8-15)11-12-17-13-19-18-5-3-4-6-20(18)25-22(23)21(19)24-14-17/h3-10,13-14H,2,11-12H2,1H3,(H2,23,25). The summed E-state index contributed by atoms with van der Waals surface area (Å²) in [5.74, 6) is 0.496. The summed E-state index contributed by atoms with van der Waals surface area (Å²) in [6.07, 6.45) is 4.98. The Balaban J connectivity index is 1.67. The Hall–Kier alpha value is -2.94. The van der Waals surface area contributed by atoms with Gasteiger partial charge >= 0.3 is 0 Å². The Labute approximate surface area is 147 Å². The second kappa shape index (κ2) is 6.52. The Morgan fingerprint density at radius 3 is 2.36 bits per heavy atom. The first-order chi connectivity index (χ1) is 12.2. The summed E-state index contributed by atoms with van der Waals surface area (Å²) in [5.41, 5.74) is 11.8. The van der Waals surface area contributed by atoms with E-state index in [4.69, 9.17) is 5.73 Å². The number of hydrogen-bond acceptors (Lipinski definition) is 3. The zero-order chi connectivity index (χ0) is 17.2. The number of nitrogens with two attached hydrogens (primary N) is 1. The first-order valence-electron chi connectivity index (χ1n) is 8.75. The molecule has 2 heterocycles. The van der Waals surface area contributed by atoms with Crippen molar-refractivity contribution in [2.75, 3.05) is 5.73 Å². The van der Waals surface area contributed by atoms with Crippen molar-refractivity contribution in [3.05, 3.63) is 77.5 Å². The largest absolute Gasteiger partial charge is 0.382 e. The maximum atomic E-state index is 6.09. The Morgan fingerprint density at radius 1 is 0.840 bits per heavy atom. The van der Waals surface area contributed by atoms with E-state index in [0.29, 0.717) is 5.82 Å². The number of aromatic nitrogens is 2. The highest BCUT2D eigenvalue weighted by atomic mass is 14.9. The second-order valence-electron chi connectivity index (χ2n) is 6.42. The van der Waals surface area contributed by atoms with E-state index in [9.17, 15) is 0 Å². The molecule has 4 aromatic rings. The average Bonchev–Trinajstić information content (AvgIpc) is 2.67. The number of nitrogens with zero attached hydrogens (tertiary/aromatic N) is 2. The molecule has 25 heavy (non-hydrogen) atoms. The molecule has 0 unspecified atom stereocenters. The molecule has 0 aliphatic rings. The molecule has 2 N–H and O–H groups in total. The molecule has 124 valence electrons. The van der Waals surface area contributed by atoms with Gasteiger partial charge in [-0.1, -0.05) is 49.4 Å². The zero-order valence-corrected chi connectivity index (χ0v) is 14.4. The maximum absolute atomic E-state index is 6.09. The van der Waals surface area contributed by atoms with E-state index < -0.39 is 0 Å². The van der Waals surface area contributed by atoms with Crippen LogP contribution < -0.4 is 5.73 Å². The molecule has 0 spiro atoms. The Bertz CT molecular complexity index is 1040. The molecule has 4 rings (SSSR count). The van der Waals surface area contributed by atoms with E-state index in [-0.39, 0.29) is 0 Å². The smallest absolute Gasteiger partial charge is 0.150 e. The van der Waals surface area contributed by atoms with Gasteiger partial charge in [0.2, 0.25) is 0 Å². The molecule has 2 aromatic heterocycles. The molecule has 0 fully saturated rings. The molecule has 0 atom stereocenters. The first-order valence-corrected chi connectivity index (χ1v) is 8.75. The first kappa shape index (κ1) is 15.6. The van der Waals surface area contributed by atoms with Gasteiger partial charge in [-0.2, -0.15) is 0 Å². The number of hydrogen-bond donors (Lipinski definition) is 1. The van der Waals surface area contributed by atoms with Crippen molar-refractivity contribution >= 4 is 27.6 Å². The lowest BCUT2D eigenvalue weighted by Gasteiger charge is -2.08. The summed E-state index contributed by atoms with van der Waals surface area (Å²) in [6.45, 7) is 2.18. The molecule has 0 radical (unpaired) electrons.